The third kappa shape index (κ3) is 3.07. The fourth-order valence-corrected chi connectivity index (χ4v) is 2.66. The molecule has 0 aliphatic rings. The van der Waals surface area contributed by atoms with Crippen molar-refractivity contribution in [1.29, 1.82) is 0 Å². The third-order valence-corrected chi connectivity index (χ3v) is 4.16. The van der Waals surface area contributed by atoms with Crippen LogP contribution in [-0.4, -0.2) is 12.9 Å². The van der Waals surface area contributed by atoms with Crippen LogP contribution >= 0.6 is 23.2 Å². The van der Waals surface area contributed by atoms with Gasteiger partial charge in [0.1, 0.15) is 5.75 Å². The Kier molecular flexibility index (Phi) is 4.60. The van der Waals surface area contributed by atoms with Crippen molar-refractivity contribution in [2.24, 2.45) is 0 Å². The Labute approximate surface area is 134 Å². The third-order valence-electron chi connectivity index (χ3n) is 3.55. The lowest BCUT2D eigenvalue weighted by atomic mass is 9.78. The second-order valence-electron chi connectivity index (χ2n) is 5.29. The molecule has 2 aromatic rings. The van der Waals surface area contributed by atoms with E-state index >= 15 is 0 Å². The lowest BCUT2D eigenvalue weighted by molar-refractivity contribution is 0.0909. The highest BCUT2D eigenvalue weighted by molar-refractivity contribution is 6.37. The van der Waals surface area contributed by atoms with Crippen LogP contribution in [0.15, 0.2) is 42.5 Å². The molecule has 0 aromatic heterocycles. The van der Waals surface area contributed by atoms with Gasteiger partial charge in [0, 0.05) is 11.6 Å². The Bertz CT molecular complexity index is 664. The number of hydrogen-bond donors (Lipinski definition) is 0. The highest BCUT2D eigenvalue weighted by Crippen LogP contribution is 2.35. The summed E-state index contributed by atoms with van der Waals surface area (Å²) in [6.45, 7) is 3.75. The van der Waals surface area contributed by atoms with Crippen LogP contribution in [0.5, 0.6) is 5.75 Å². The first-order valence-corrected chi connectivity index (χ1v) is 7.27. The smallest absolute Gasteiger partial charge is 0.174 e. The van der Waals surface area contributed by atoms with E-state index in [2.05, 4.69) is 0 Å². The van der Waals surface area contributed by atoms with Crippen molar-refractivity contribution in [1.82, 2.24) is 0 Å². The predicted octanol–water partition coefficient (Wildman–Crippen LogP) is 5.16. The molecule has 0 saturated carbocycles. The van der Waals surface area contributed by atoms with Crippen molar-refractivity contribution in [2.45, 2.75) is 19.3 Å². The van der Waals surface area contributed by atoms with Gasteiger partial charge in [0.05, 0.1) is 22.6 Å². The van der Waals surface area contributed by atoms with E-state index in [1.165, 1.54) is 7.11 Å². The molecule has 0 aliphatic carbocycles. The van der Waals surface area contributed by atoms with Crippen LogP contribution < -0.4 is 4.74 Å². The number of rotatable bonds is 4. The number of ether oxygens (including phenoxy) is 1. The number of Topliss-reactive ketones (excluding diaryl/α,β-unsaturated/α-hetero) is 1. The van der Waals surface area contributed by atoms with E-state index < -0.39 is 5.41 Å². The summed E-state index contributed by atoms with van der Waals surface area (Å²) in [5.74, 6) is 0.374. The summed E-state index contributed by atoms with van der Waals surface area (Å²) in [6, 6.07) is 12.7. The summed E-state index contributed by atoms with van der Waals surface area (Å²) in [7, 11) is 1.51. The first-order chi connectivity index (χ1) is 9.87. The van der Waals surface area contributed by atoms with Crippen molar-refractivity contribution in [3.05, 3.63) is 63.6 Å². The summed E-state index contributed by atoms with van der Waals surface area (Å²) in [6.07, 6.45) is 0. The fourth-order valence-electron chi connectivity index (χ4n) is 2.18. The van der Waals surface area contributed by atoms with E-state index in [9.17, 15) is 4.79 Å². The highest BCUT2D eigenvalue weighted by atomic mass is 35.5. The highest BCUT2D eigenvalue weighted by Gasteiger charge is 2.32. The molecular formula is C17H16Cl2O2. The van der Waals surface area contributed by atoms with Crippen molar-refractivity contribution < 1.29 is 9.53 Å². The number of methoxy groups -OCH3 is 1. The summed E-state index contributed by atoms with van der Waals surface area (Å²) in [4.78, 5) is 12.9. The molecule has 0 fully saturated rings. The number of carbonyl (C=O) groups excluding carboxylic acids is 1. The molecule has 21 heavy (non-hydrogen) atoms. The lowest BCUT2D eigenvalue weighted by Gasteiger charge is -2.24. The zero-order chi connectivity index (χ0) is 15.6. The average molecular weight is 323 g/mol. The van der Waals surface area contributed by atoms with Gasteiger partial charge in [0.25, 0.3) is 0 Å². The molecule has 2 aromatic carbocycles. The minimum Gasteiger partial charge on any atom is -0.495 e. The van der Waals surface area contributed by atoms with Gasteiger partial charge in [-0.3, -0.25) is 4.79 Å². The van der Waals surface area contributed by atoms with Crippen molar-refractivity contribution in [2.75, 3.05) is 7.11 Å². The van der Waals surface area contributed by atoms with Crippen LogP contribution in [0.3, 0.4) is 0 Å². The maximum absolute atomic E-state index is 12.9. The van der Waals surface area contributed by atoms with Gasteiger partial charge in [-0.2, -0.15) is 0 Å². The van der Waals surface area contributed by atoms with Gasteiger partial charge in [0.2, 0.25) is 0 Å². The molecule has 0 atom stereocenters. The molecule has 2 rings (SSSR count). The Morgan fingerprint density at radius 2 is 1.67 bits per heavy atom. The summed E-state index contributed by atoms with van der Waals surface area (Å²) >= 11 is 12.3. The first kappa shape index (κ1) is 15.9. The van der Waals surface area contributed by atoms with Gasteiger partial charge in [-0.05, 0) is 25.5 Å². The van der Waals surface area contributed by atoms with E-state index in [1.54, 1.807) is 12.1 Å². The van der Waals surface area contributed by atoms with E-state index in [1.807, 2.05) is 44.2 Å². The number of benzene rings is 2. The van der Waals surface area contributed by atoms with Gasteiger partial charge < -0.3 is 4.74 Å². The topological polar surface area (TPSA) is 26.3 Å². The minimum absolute atomic E-state index is 0.0803. The van der Waals surface area contributed by atoms with Gasteiger partial charge >= 0.3 is 0 Å². The van der Waals surface area contributed by atoms with Crippen LogP contribution in [0.25, 0.3) is 0 Å². The largest absolute Gasteiger partial charge is 0.495 e. The zero-order valence-electron chi connectivity index (χ0n) is 12.1. The van der Waals surface area contributed by atoms with E-state index in [0.717, 1.165) is 5.56 Å². The number of ketones is 1. The van der Waals surface area contributed by atoms with Gasteiger partial charge in [-0.25, -0.2) is 0 Å². The molecule has 0 heterocycles. The molecule has 0 aliphatic heterocycles. The maximum Gasteiger partial charge on any atom is 0.174 e. The van der Waals surface area contributed by atoms with Gasteiger partial charge in [-0.15, -0.1) is 0 Å². The van der Waals surface area contributed by atoms with Gasteiger partial charge in [-0.1, -0.05) is 53.5 Å². The van der Waals surface area contributed by atoms with Crippen LogP contribution in [0.2, 0.25) is 10.0 Å². The number of hydrogen-bond acceptors (Lipinski definition) is 2. The summed E-state index contributed by atoms with van der Waals surface area (Å²) in [5.41, 5.74) is 0.636. The lowest BCUT2D eigenvalue weighted by Crippen LogP contribution is -2.29. The molecule has 2 nitrogen and oxygen atoms in total. The van der Waals surface area contributed by atoms with Crippen molar-refractivity contribution in [3.8, 4) is 5.75 Å². The molecule has 0 unspecified atom stereocenters. The minimum atomic E-state index is -0.692. The average Bonchev–Trinajstić information content (AvgIpc) is 2.49. The maximum atomic E-state index is 12.9. The SMILES string of the molecule is COc1cc(Cl)c(C(=O)C(C)(C)c2ccccc2)cc1Cl. The van der Waals surface area contributed by atoms with Crippen molar-refractivity contribution in [3.63, 3.8) is 0 Å². The van der Waals surface area contributed by atoms with E-state index in [0.29, 0.717) is 21.4 Å². The monoisotopic (exact) mass is 322 g/mol. The second kappa shape index (κ2) is 6.08. The Balaban J connectivity index is 2.47. The molecule has 0 N–H and O–H groups in total. The molecule has 0 bridgehead atoms. The van der Waals surface area contributed by atoms with Crippen LogP contribution in [0, 0.1) is 0 Å². The predicted molar refractivity (Wildman–Crippen MR) is 86.8 cm³/mol. The van der Waals surface area contributed by atoms with Crippen LogP contribution in [0.4, 0.5) is 0 Å². The standard InChI is InChI=1S/C17H16Cl2O2/c1-17(2,11-7-5-4-6-8-11)16(20)12-9-14(19)15(21-3)10-13(12)18/h4-10H,1-3H3. The fraction of sp³-hybridized carbons (Fsp3) is 0.235. The molecule has 4 heteroatoms. The first-order valence-electron chi connectivity index (χ1n) is 6.51. The second-order valence-corrected chi connectivity index (χ2v) is 6.10. The normalized spacial score (nSPS) is 11.3. The van der Waals surface area contributed by atoms with Crippen LogP contribution in [-0.2, 0) is 5.41 Å². The number of carbonyl (C=O) groups is 1. The van der Waals surface area contributed by atoms with Crippen LogP contribution in [0.1, 0.15) is 29.8 Å². The summed E-state index contributed by atoms with van der Waals surface area (Å²) in [5, 5.41) is 0.708. The van der Waals surface area contributed by atoms with E-state index in [-0.39, 0.29) is 5.78 Å². The van der Waals surface area contributed by atoms with E-state index in [4.69, 9.17) is 27.9 Å². The molecule has 0 amide bonds. The molecule has 0 saturated heterocycles. The Hall–Kier alpha value is -1.51. The summed E-state index contributed by atoms with van der Waals surface area (Å²) < 4.78 is 5.10. The molecule has 110 valence electrons. The number of halogens is 2. The molecule has 0 spiro atoms. The molecular weight excluding hydrogens is 307 g/mol. The van der Waals surface area contributed by atoms with Gasteiger partial charge in [0.15, 0.2) is 5.78 Å². The van der Waals surface area contributed by atoms with Crippen molar-refractivity contribution >= 4 is 29.0 Å². The zero-order valence-corrected chi connectivity index (χ0v) is 13.6. The Morgan fingerprint density at radius 1 is 1.05 bits per heavy atom. The molecule has 0 radical (unpaired) electrons. The quantitative estimate of drug-likeness (QED) is 0.726. The Morgan fingerprint density at radius 3 is 2.24 bits per heavy atom.